The van der Waals surface area contributed by atoms with Crippen LogP contribution in [0.2, 0.25) is 15.2 Å². The van der Waals surface area contributed by atoms with E-state index in [-0.39, 0.29) is 5.91 Å². The number of nitrogens with one attached hydrogen (secondary N) is 1. The summed E-state index contributed by atoms with van der Waals surface area (Å²) in [7, 11) is 0. The van der Waals surface area contributed by atoms with Gasteiger partial charge in [0.25, 0.3) is 5.91 Å². The van der Waals surface area contributed by atoms with E-state index in [0.717, 1.165) is 17.2 Å². The molecule has 0 radical (unpaired) electrons. The summed E-state index contributed by atoms with van der Waals surface area (Å²) in [6.45, 7) is 2.67. The zero-order chi connectivity index (χ0) is 31.3. The van der Waals surface area contributed by atoms with Gasteiger partial charge < -0.3 is 15.1 Å². The lowest BCUT2D eigenvalue weighted by atomic mass is 10.1. The van der Waals surface area contributed by atoms with Crippen molar-refractivity contribution in [3.63, 3.8) is 0 Å². The van der Waals surface area contributed by atoms with Crippen LogP contribution in [0.4, 0.5) is 24.7 Å². The number of amides is 1. The first kappa shape index (κ1) is 32.2. The number of hydrogen-bond acceptors (Lipinski definition) is 6. The van der Waals surface area contributed by atoms with Crippen molar-refractivity contribution in [1.29, 1.82) is 0 Å². The summed E-state index contributed by atoms with van der Waals surface area (Å²) in [4.78, 5) is 25.6. The van der Waals surface area contributed by atoms with E-state index in [9.17, 15) is 18.0 Å². The van der Waals surface area contributed by atoms with Crippen molar-refractivity contribution >= 4 is 64.0 Å². The van der Waals surface area contributed by atoms with Gasteiger partial charge in [-0.05, 0) is 60.0 Å². The third-order valence-corrected chi connectivity index (χ3v) is 8.78. The fourth-order valence-electron chi connectivity index (χ4n) is 4.72. The lowest BCUT2D eigenvalue weighted by Gasteiger charge is -2.37. The molecule has 4 aromatic rings. The second-order valence-electron chi connectivity index (χ2n) is 10.1. The summed E-state index contributed by atoms with van der Waals surface area (Å²) < 4.78 is 39.4. The molecule has 230 valence electrons. The molecule has 1 fully saturated rings. The van der Waals surface area contributed by atoms with Crippen LogP contribution in [0.15, 0.2) is 78.0 Å². The Kier molecular flexibility index (Phi) is 10.5. The van der Waals surface area contributed by atoms with Crippen LogP contribution < -0.4 is 15.1 Å². The molecule has 1 aliphatic heterocycles. The van der Waals surface area contributed by atoms with Crippen LogP contribution in [-0.4, -0.2) is 48.6 Å². The lowest BCUT2D eigenvalue weighted by Crippen LogP contribution is -2.47. The summed E-state index contributed by atoms with van der Waals surface area (Å²) in [6.07, 6.45) is -3.79. The van der Waals surface area contributed by atoms with Crippen LogP contribution in [0, 0.1) is 0 Å². The molecular formula is C31H27Cl3F3N5OS. The summed E-state index contributed by atoms with van der Waals surface area (Å²) in [5.74, 6) is 1.06. The number of piperazine rings is 1. The zero-order valence-corrected chi connectivity index (χ0v) is 26.3. The monoisotopic (exact) mass is 679 g/mol. The highest BCUT2D eigenvalue weighted by atomic mass is 35.5. The highest BCUT2D eigenvalue weighted by Gasteiger charge is 2.31. The molecule has 0 saturated carbocycles. The van der Waals surface area contributed by atoms with Crippen molar-refractivity contribution in [2.75, 3.05) is 42.5 Å². The van der Waals surface area contributed by atoms with Gasteiger partial charge in [0.05, 0.1) is 5.56 Å². The summed E-state index contributed by atoms with van der Waals surface area (Å²) in [6, 6.07) is 19.7. The average Bonchev–Trinajstić information content (AvgIpc) is 3.01. The number of benzene rings is 3. The number of rotatable bonds is 9. The first-order valence-electron chi connectivity index (χ1n) is 13.7. The SMILES string of the molecule is O=C(NCCc1ccc(Cl)cc1Cl)c1ccc(CSc2nc(Cl)cc(N3CCN(c4cccc(C(F)(F)F)c4)CC3)n2)cc1. The third-order valence-electron chi connectivity index (χ3n) is 7.08. The minimum atomic E-state index is -4.38. The zero-order valence-electron chi connectivity index (χ0n) is 23.3. The third kappa shape index (κ3) is 8.50. The molecule has 1 saturated heterocycles. The van der Waals surface area contributed by atoms with Gasteiger partial charge in [0.15, 0.2) is 5.16 Å². The number of hydrogen-bond donors (Lipinski definition) is 1. The second kappa shape index (κ2) is 14.3. The Balaban J connectivity index is 1.12. The maximum absolute atomic E-state index is 13.1. The van der Waals surface area contributed by atoms with Gasteiger partial charge in [0.2, 0.25) is 0 Å². The van der Waals surface area contributed by atoms with Gasteiger partial charge in [-0.15, -0.1) is 0 Å². The molecule has 13 heteroatoms. The van der Waals surface area contributed by atoms with Crippen molar-refractivity contribution in [3.05, 3.63) is 110 Å². The van der Waals surface area contributed by atoms with E-state index in [0.29, 0.717) is 82.3 Å². The Bertz CT molecular complexity index is 1620. The Hall–Kier alpha value is -3.18. The van der Waals surface area contributed by atoms with Gasteiger partial charge in [-0.2, -0.15) is 13.2 Å². The van der Waals surface area contributed by atoms with Crippen LogP contribution >= 0.6 is 46.6 Å². The van der Waals surface area contributed by atoms with Gasteiger partial charge in [-0.3, -0.25) is 4.79 Å². The van der Waals surface area contributed by atoms with E-state index in [1.807, 2.05) is 23.1 Å². The molecule has 2 heterocycles. The van der Waals surface area contributed by atoms with Crippen LogP contribution in [0.1, 0.15) is 27.0 Å². The normalized spacial score (nSPS) is 13.7. The molecule has 5 rings (SSSR count). The van der Waals surface area contributed by atoms with E-state index in [4.69, 9.17) is 34.8 Å². The molecule has 44 heavy (non-hydrogen) atoms. The van der Waals surface area contributed by atoms with Crippen molar-refractivity contribution in [3.8, 4) is 0 Å². The van der Waals surface area contributed by atoms with E-state index in [1.165, 1.54) is 23.9 Å². The van der Waals surface area contributed by atoms with E-state index in [2.05, 4.69) is 20.2 Å². The van der Waals surface area contributed by atoms with Crippen molar-refractivity contribution < 1.29 is 18.0 Å². The molecule has 0 spiro atoms. The molecule has 1 aliphatic rings. The molecule has 3 aromatic carbocycles. The maximum Gasteiger partial charge on any atom is 0.416 e. The first-order valence-corrected chi connectivity index (χ1v) is 15.8. The maximum atomic E-state index is 13.1. The smallest absolute Gasteiger partial charge is 0.368 e. The van der Waals surface area contributed by atoms with Gasteiger partial charge >= 0.3 is 6.18 Å². The van der Waals surface area contributed by atoms with E-state index in [1.54, 1.807) is 36.4 Å². The number of nitrogens with zero attached hydrogens (tertiary/aromatic N) is 4. The molecular weight excluding hydrogens is 654 g/mol. The minimum absolute atomic E-state index is 0.176. The first-order chi connectivity index (χ1) is 21.0. The van der Waals surface area contributed by atoms with Crippen molar-refractivity contribution in [1.82, 2.24) is 15.3 Å². The quantitative estimate of drug-likeness (QED) is 0.110. The minimum Gasteiger partial charge on any atom is -0.368 e. The second-order valence-corrected chi connectivity index (χ2v) is 12.3. The van der Waals surface area contributed by atoms with Crippen LogP contribution in [0.25, 0.3) is 0 Å². The van der Waals surface area contributed by atoms with Gasteiger partial charge in [0, 0.05) is 65.8 Å². The predicted octanol–water partition coefficient (Wildman–Crippen LogP) is 8.05. The predicted molar refractivity (Wildman–Crippen MR) is 171 cm³/mol. The Morgan fingerprint density at radius 3 is 2.32 bits per heavy atom. The summed E-state index contributed by atoms with van der Waals surface area (Å²) in [5.41, 5.74) is 2.33. The average molecular weight is 681 g/mol. The number of thioether (sulfide) groups is 1. The van der Waals surface area contributed by atoms with Crippen molar-refractivity contribution in [2.24, 2.45) is 0 Å². The molecule has 0 bridgehead atoms. The lowest BCUT2D eigenvalue weighted by molar-refractivity contribution is -0.137. The number of anilines is 2. The fourth-order valence-corrected chi connectivity index (χ4v) is 6.26. The Morgan fingerprint density at radius 1 is 0.886 bits per heavy atom. The topological polar surface area (TPSA) is 61.4 Å². The highest BCUT2D eigenvalue weighted by molar-refractivity contribution is 7.98. The number of carbonyl (C=O) groups is 1. The molecule has 0 atom stereocenters. The molecule has 1 aromatic heterocycles. The largest absolute Gasteiger partial charge is 0.416 e. The van der Waals surface area contributed by atoms with Crippen LogP contribution in [0.3, 0.4) is 0 Å². The Labute approximate surface area is 272 Å². The summed E-state index contributed by atoms with van der Waals surface area (Å²) >= 11 is 19.9. The molecule has 0 unspecified atom stereocenters. The number of carbonyl (C=O) groups excluding carboxylic acids is 1. The van der Waals surface area contributed by atoms with Gasteiger partial charge in [-0.1, -0.05) is 70.8 Å². The van der Waals surface area contributed by atoms with E-state index >= 15 is 0 Å². The van der Waals surface area contributed by atoms with Gasteiger partial charge in [0.1, 0.15) is 11.0 Å². The molecule has 0 aliphatic carbocycles. The van der Waals surface area contributed by atoms with E-state index < -0.39 is 11.7 Å². The van der Waals surface area contributed by atoms with Crippen molar-refractivity contribution in [2.45, 2.75) is 23.5 Å². The summed E-state index contributed by atoms with van der Waals surface area (Å²) in [5, 5.41) is 4.86. The number of aromatic nitrogens is 2. The Morgan fingerprint density at radius 2 is 1.61 bits per heavy atom. The standard InChI is InChI=1S/C31H27Cl3F3N5OS/c32-24-9-8-21(26(33)17-24)10-11-38-29(43)22-6-4-20(5-7-22)19-44-30-39-27(34)18-28(40-30)42-14-12-41(13-15-42)25-3-1-2-23(16-25)31(35,36)37/h1-9,16-18H,10-15,19H2,(H,38,43). The molecule has 1 N–H and O–H groups in total. The van der Waals surface area contributed by atoms with Gasteiger partial charge in [-0.25, -0.2) is 9.97 Å². The molecule has 6 nitrogen and oxygen atoms in total. The molecule has 1 amide bonds. The number of halogens is 6. The number of alkyl halides is 3. The van der Waals surface area contributed by atoms with Crippen LogP contribution in [-0.2, 0) is 18.3 Å². The van der Waals surface area contributed by atoms with Crippen LogP contribution in [0.5, 0.6) is 0 Å². The highest BCUT2D eigenvalue weighted by Crippen LogP contribution is 2.32. The fraction of sp³-hybridized carbons (Fsp3) is 0.258.